The molecule has 2 heterocycles. The number of nitrogens with zero attached hydrogens (tertiary/aromatic N) is 4. The lowest BCUT2D eigenvalue weighted by Gasteiger charge is -2.16. The number of nitrogens with one attached hydrogen (secondary N) is 3. The molecular formula is C22H24N8O4. The molecule has 0 saturated heterocycles. The minimum atomic E-state index is -0.869. The zero-order valence-electron chi connectivity index (χ0n) is 18.4. The molecule has 0 aliphatic heterocycles. The number of primary amides is 1. The third kappa shape index (κ3) is 6.69. The molecule has 0 spiro atoms. The minimum Gasteiger partial charge on any atom is -0.368 e. The second-order valence-corrected chi connectivity index (χ2v) is 7.32. The average Bonchev–Trinajstić information content (AvgIpc) is 2.82. The Morgan fingerprint density at radius 3 is 2.41 bits per heavy atom. The summed E-state index contributed by atoms with van der Waals surface area (Å²) in [4.78, 5) is 47.1. The summed E-state index contributed by atoms with van der Waals surface area (Å²) in [6.07, 6.45) is 2.83. The normalized spacial score (nSPS) is 11.3. The van der Waals surface area contributed by atoms with Crippen molar-refractivity contribution in [2.24, 2.45) is 5.73 Å². The van der Waals surface area contributed by atoms with E-state index in [1.165, 1.54) is 24.5 Å². The molecule has 12 heteroatoms. The van der Waals surface area contributed by atoms with Crippen LogP contribution < -0.4 is 21.7 Å². The first kappa shape index (κ1) is 24.0. The number of nitrogens with two attached hydrogens (primary N) is 1. The smallest absolute Gasteiger partial charge is 0.287 e. The van der Waals surface area contributed by atoms with Crippen LogP contribution in [-0.4, -0.2) is 50.8 Å². The van der Waals surface area contributed by atoms with Crippen molar-refractivity contribution >= 4 is 29.3 Å². The van der Waals surface area contributed by atoms with E-state index in [-0.39, 0.29) is 17.7 Å². The maximum atomic E-state index is 12.7. The van der Waals surface area contributed by atoms with E-state index in [2.05, 4.69) is 30.9 Å². The molecule has 0 radical (unpaired) electrons. The third-order valence-electron chi connectivity index (χ3n) is 4.83. The number of nitro groups is 1. The van der Waals surface area contributed by atoms with Crippen molar-refractivity contribution in [3.8, 4) is 0 Å². The van der Waals surface area contributed by atoms with Crippen molar-refractivity contribution in [2.75, 3.05) is 23.7 Å². The molecular weight excluding hydrogens is 440 g/mol. The standard InChI is InChI=1S/C22H24N8O4/c1-14-17(21(32)29-18(20(23)31)11-15-5-3-2-4-6-15)13-27-22(28-14)25-10-9-24-19-8-7-16(12-26-19)30(33)34/h2-8,12-13,18H,9-11H2,1H3,(H2,23,31)(H,24,26)(H,29,32)(H,25,27,28). The number of pyridine rings is 1. The van der Waals surface area contributed by atoms with Crippen molar-refractivity contribution in [1.82, 2.24) is 20.3 Å². The number of anilines is 2. The number of hydrogen-bond donors (Lipinski definition) is 4. The molecule has 2 amide bonds. The fourth-order valence-electron chi connectivity index (χ4n) is 3.05. The highest BCUT2D eigenvalue weighted by Crippen LogP contribution is 2.12. The van der Waals surface area contributed by atoms with Crippen molar-refractivity contribution in [3.63, 3.8) is 0 Å². The number of hydrogen-bond acceptors (Lipinski definition) is 9. The van der Waals surface area contributed by atoms with E-state index in [9.17, 15) is 19.7 Å². The molecule has 0 bridgehead atoms. The Bertz CT molecular complexity index is 1160. The topological polar surface area (TPSA) is 178 Å². The van der Waals surface area contributed by atoms with Gasteiger partial charge < -0.3 is 21.7 Å². The molecule has 5 N–H and O–H groups in total. The quantitative estimate of drug-likeness (QED) is 0.186. The van der Waals surface area contributed by atoms with Gasteiger partial charge in [-0.3, -0.25) is 19.7 Å². The van der Waals surface area contributed by atoms with Gasteiger partial charge in [0.1, 0.15) is 18.1 Å². The largest absolute Gasteiger partial charge is 0.368 e. The van der Waals surface area contributed by atoms with Crippen molar-refractivity contribution in [1.29, 1.82) is 0 Å². The number of carbonyl (C=O) groups is 2. The summed E-state index contributed by atoms with van der Waals surface area (Å²) in [5, 5.41) is 19.3. The summed E-state index contributed by atoms with van der Waals surface area (Å²) in [7, 11) is 0. The van der Waals surface area contributed by atoms with Gasteiger partial charge in [-0.2, -0.15) is 0 Å². The van der Waals surface area contributed by atoms with Crippen LogP contribution in [0.15, 0.2) is 54.9 Å². The van der Waals surface area contributed by atoms with Gasteiger partial charge in [0.15, 0.2) is 0 Å². The molecule has 3 rings (SSSR count). The Kier molecular flexibility index (Phi) is 8.00. The lowest BCUT2D eigenvalue weighted by atomic mass is 10.0. The molecule has 0 fully saturated rings. The first-order valence-corrected chi connectivity index (χ1v) is 10.4. The van der Waals surface area contributed by atoms with Crippen LogP contribution in [0.4, 0.5) is 17.5 Å². The van der Waals surface area contributed by atoms with E-state index in [0.29, 0.717) is 30.5 Å². The number of aryl methyl sites for hydroxylation is 1. The molecule has 12 nitrogen and oxygen atoms in total. The molecule has 1 unspecified atom stereocenters. The van der Waals surface area contributed by atoms with Crippen LogP contribution in [0.25, 0.3) is 0 Å². The first-order valence-electron chi connectivity index (χ1n) is 10.4. The second-order valence-electron chi connectivity index (χ2n) is 7.32. The van der Waals surface area contributed by atoms with Crippen molar-refractivity contribution in [3.05, 3.63) is 81.8 Å². The molecule has 1 aromatic carbocycles. The van der Waals surface area contributed by atoms with Crippen molar-refractivity contribution < 1.29 is 14.5 Å². The van der Waals surface area contributed by atoms with Gasteiger partial charge in [0, 0.05) is 31.8 Å². The summed E-state index contributed by atoms with van der Waals surface area (Å²) < 4.78 is 0. The van der Waals surface area contributed by atoms with Crippen LogP contribution >= 0.6 is 0 Å². The maximum absolute atomic E-state index is 12.7. The number of benzene rings is 1. The van der Waals surface area contributed by atoms with Crippen LogP contribution in [0.1, 0.15) is 21.6 Å². The van der Waals surface area contributed by atoms with E-state index in [1.807, 2.05) is 30.3 Å². The molecule has 0 saturated carbocycles. The van der Waals surface area contributed by atoms with E-state index >= 15 is 0 Å². The summed E-state index contributed by atoms with van der Waals surface area (Å²) >= 11 is 0. The SMILES string of the molecule is Cc1nc(NCCNc2ccc([N+](=O)[O-])cn2)ncc1C(=O)NC(Cc1ccccc1)C(N)=O. The zero-order chi connectivity index (χ0) is 24.5. The Morgan fingerprint density at radius 2 is 1.79 bits per heavy atom. The van der Waals surface area contributed by atoms with Crippen LogP contribution in [0.3, 0.4) is 0 Å². The van der Waals surface area contributed by atoms with Crippen LogP contribution in [0, 0.1) is 17.0 Å². The van der Waals surface area contributed by atoms with Crippen LogP contribution in [-0.2, 0) is 11.2 Å². The van der Waals surface area contributed by atoms with Gasteiger partial charge in [0.2, 0.25) is 11.9 Å². The lowest BCUT2D eigenvalue weighted by Crippen LogP contribution is -2.46. The summed E-state index contributed by atoms with van der Waals surface area (Å²) in [5.41, 5.74) is 6.92. The number of carbonyl (C=O) groups excluding carboxylic acids is 2. The molecule has 0 aliphatic carbocycles. The van der Waals surface area contributed by atoms with E-state index in [1.54, 1.807) is 6.92 Å². The number of amides is 2. The van der Waals surface area contributed by atoms with Crippen LogP contribution in [0.2, 0.25) is 0 Å². The zero-order valence-corrected chi connectivity index (χ0v) is 18.4. The first-order chi connectivity index (χ1) is 16.3. The van der Waals surface area contributed by atoms with E-state index in [0.717, 1.165) is 5.56 Å². The second kappa shape index (κ2) is 11.3. The van der Waals surface area contributed by atoms with E-state index in [4.69, 9.17) is 5.73 Å². The molecule has 0 aliphatic rings. The fourth-order valence-corrected chi connectivity index (χ4v) is 3.05. The van der Waals surface area contributed by atoms with E-state index < -0.39 is 22.8 Å². The molecule has 2 aromatic heterocycles. The molecule has 1 atom stereocenters. The monoisotopic (exact) mass is 464 g/mol. The van der Waals surface area contributed by atoms with Gasteiger partial charge in [-0.25, -0.2) is 15.0 Å². The van der Waals surface area contributed by atoms with Crippen molar-refractivity contribution in [2.45, 2.75) is 19.4 Å². The number of aromatic nitrogens is 3. The molecule has 34 heavy (non-hydrogen) atoms. The number of rotatable bonds is 11. The van der Waals surface area contributed by atoms with Crippen LogP contribution in [0.5, 0.6) is 0 Å². The maximum Gasteiger partial charge on any atom is 0.287 e. The molecule has 176 valence electrons. The Hall–Kier alpha value is -4.61. The average molecular weight is 464 g/mol. The van der Waals surface area contributed by atoms with Gasteiger partial charge in [0.25, 0.3) is 11.6 Å². The van der Waals surface area contributed by atoms with Gasteiger partial charge in [-0.15, -0.1) is 0 Å². The Morgan fingerprint density at radius 1 is 1.06 bits per heavy atom. The van der Waals surface area contributed by atoms with Gasteiger partial charge >= 0.3 is 0 Å². The predicted molar refractivity (Wildman–Crippen MR) is 125 cm³/mol. The lowest BCUT2D eigenvalue weighted by molar-refractivity contribution is -0.385. The Labute approximate surface area is 195 Å². The minimum absolute atomic E-state index is 0.0844. The highest BCUT2D eigenvalue weighted by atomic mass is 16.6. The summed E-state index contributed by atoms with van der Waals surface area (Å²) in [6.45, 7) is 2.55. The fraction of sp³-hybridized carbons (Fsp3) is 0.227. The predicted octanol–water partition coefficient (Wildman–Crippen LogP) is 1.44. The third-order valence-corrected chi connectivity index (χ3v) is 4.83. The Balaban J connectivity index is 1.52. The van der Waals surface area contributed by atoms with Gasteiger partial charge in [0.05, 0.1) is 16.2 Å². The molecule has 3 aromatic rings. The summed E-state index contributed by atoms with van der Waals surface area (Å²) in [6, 6.07) is 11.3. The highest BCUT2D eigenvalue weighted by molar-refractivity contribution is 5.98. The highest BCUT2D eigenvalue weighted by Gasteiger charge is 2.21. The summed E-state index contributed by atoms with van der Waals surface area (Å²) in [5.74, 6) is -0.307. The van der Waals surface area contributed by atoms with Gasteiger partial charge in [-0.05, 0) is 18.6 Å². The van der Waals surface area contributed by atoms with Gasteiger partial charge in [-0.1, -0.05) is 30.3 Å².